The largest absolute Gasteiger partial charge is 0.341 e. The van der Waals surface area contributed by atoms with E-state index in [0.29, 0.717) is 18.8 Å². The third-order valence-electron chi connectivity index (χ3n) is 4.57. The number of carbonyl (C=O) groups excluding carboxylic acids is 1. The van der Waals surface area contributed by atoms with Gasteiger partial charge in [0.05, 0.1) is 12.3 Å². The molecule has 0 unspecified atom stereocenters. The number of rotatable bonds is 8. The van der Waals surface area contributed by atoms with E-state index >= 15 is 0 Å². The fourth-order valence-corrected chi connectivity index (χ4v) is 4.53. The van der Waals surface area contributed by atoms with Crippen LogP contribution in [0.5, 0.6) is 0 Å². The van der Waals surface area contributed by atoms with Gasteiger partial charge in [-0.25, -0.2) is 0 Å². The lowest BCUT2D eigenvalue weighted by atomic mass is 10.2. The van der Waals surface area contributed by atoms with Crippen LogP contribution < -0.4 is 0 Å². The highest BCUT2D eigenvalue weighted by Gasteiger charge is 2.17. The normalized spacial score (nSPS) is 10.8. The molecule has 0 radical (unpaired) electrons. The number of hydrogen-bond acceptors (Lipinski definition) is 6. The number of carbonyl (C=O) groups is 1. The van der Waals surface area contributed by atoms with Gasteiger partial charge in [0, 0.05) is 31.5 Å². The Labute approximate surface area is 183 Å². The molecule has 0 atom stereocenters. The molecule has 0 saturated heterocycles. The lowest BCUT2D eigenvalue weighted by Gasteiger charge is -2.16. The molecule has 152 valence electrons. The number of thiophene rings is 1. The average molecular weight is 436 g/mol. The zero-order valence-electron chi connectivity index (χ0n) is 16.5. The first-order chi connectivity index (χ1) is 14.7. The van der Waals surface area contributed by atoms with Gasteiger partial charge in [0.2, 0.25) is 5.91 Å². The average Bonchev–Trinajstić information content (AvgIpc) is 3.43. The molecule has 0 N–H and O–H groups in total. The van der Waals surface area contributed by atoms with Crippen molar-refractivity contribution in [2.24, 2.45) is 0 Å². The highest BCUT2D eigenvalue weighted by Crippen LogP contribution is 2.25. The quantitative estimate of drug-likeness (QED) is 0.388. The molecule has 4 rings (SSSR count). The molecule has 8 heteroatoms. The molecule has 0 fully saturated rings. The molecule has 3 heterocycles. The Kier molecular flexibility index (Phi) is 6.56. The van der Waals surface area contributed by atoms with Gasteiger partial charge in [0.15, 0.2) is 11.0 Å². The molecular weight excluding hydrogens is 414 g/mol. The maximum Gasteiger partial charge on any atom is 0.233 e. The van der Waals surface area contributed by atoms with E-state index in [9.17, 15) is 4.79 Å². The van der Waals surface area contributed by atoms with Crippen molar-refractivity contribution in [1.29, 1.82) is 0 Å². The second-order valence-corrected chi connectivity index (χ2v) is 8.51. The smallest absolute Gasteiger partial charge is 0.233 e. The summed E-state index contributed by atoms with van der Waals surface area (Å²) in [5.41, 5.74) is 3.19. The van der Waals surface area contributed by atoms with E-state index in [2.05, 4.69) is 32.7 Å². The number of aromatic nitrogens is 4. The van der Waals surface area contributed by atoms with Crippen LogP contribution in [0.4, 0.5) is 0 Å². The Morgan fingerprint density at radius 3 is 2.70 bits per heavy atom. The summed E-state index contributed by atoms with van der Waals surface area (Å²) in [6, 6.07) is 16.0. The lowest BCUT2D eigenvalue weighted by Crippen LogP contribution is -2.27. The monoisotopic (exact) mass is 435 g/mol. The van der Waals surface area contributed by atoms with E-state index in [1.807, 2.05) is 53.4 Å². The Bertz CT molecular complexity index is 1080. The van der Waals surface area contributed by atoms with Gasteiger partial charge in [0.1, 0.15) is 0 Å². The molecular formula is C22H21N5OS2. The molecule has 0 bridgehead atoms. The highest BCUT2D eigenvalue weighted by molar-refractivity contribution is 7.99. The highest BCUT2D eigenvalue weighted by atomic mass is 32.2. The van der Waals surface area contributed by atoms with Crippen molar-refractivity contribution in [3.63, 3.8) is 0 Å². The standard InChI is InChI=1S/C22H21N5OS2/c1-26(13-18-9-11-29-15-18)20(28)16-30-22-25-24-21(19-8-5-10-23-12-19)27(22)14-17-6-3-2-4-7-17/h2-12,15H,13-14,16H2,1H3. The molecule has 4 aromatic rings. The van der Waals surface area contributed by atoms with Crippen molar-refractivity contribution in [2.75, 3.05) is 12.8 Å². The second-order valence-electron chi connectivity index (χ2n) is 6.79. The Balaban J connectivity index is 1.52. The van der Waals surface area contributed by atoms with Crippen molar-refractivity contribution in [3.05, 3.63) is 82.8 Å². The van der Waals surface area contributed by atoms with Gasteiger partial charge >= 0.3 is 0 Å². The number of hydrogen-bond donors (Lipinski definition) is 0. The van der Waals surface area contributed by atoms with Crippen molar-refractivity contribution >= 4 is 29.0 Å². The van der Waals surface area contributed by atoms with Crippen molar-refractivity contribution in [1.82, 2.24) is 24.6 Å². The first-order valence-electron chi connectivity index (χ1n) is 9.46. The predicted molar refractivity (Wildman–Crippen MR) is 120 cm³/mol. The molecule has 0 aliphatic heterocycles. The van der Waals surface area contributed by atoms with Gasteiger partial charge in [-0.3, -0.25) is 14.3 Å². The Morgan fingerprint density at radius 1 is 1.10 bits per heavy atom. The van der Waals surface area contributed by atoms with Crippen molar-refractivity contribution in [2.45, 2.75) is 18.2 Å². The maximum absolute atomic E-state index is 12.6. The van der Waals surface area contributed by atoms with E-state index in [1.165, 1.54) is 11.8 Å². The summed E-state index contributed by atoms with van der Waals surface area (Å²) in [5.74, 6) is 1.11. The van der Waals surface area contributed by atoms with Crippen molar-refractivity contribution < 1.29 is 4.79 Å². The number of nitrogens with zero attached hydrogens (tertiary/aromatic N) is 5. The van der Waals surface area contributed by atoms with Crippen molar-refractivity contribution in [3.8, 4) is 11.4 Å². The zero-order chi connectivity index (χ0) is 20.8. The Morgan fingerprint density at radius 2 is 1.97 bits per heavy atom. The van der Waals surface area contributed by atoms with Crippen LogP contribution in [0.1, 0.15) is 11.1 Å². The summed E-state index contributed by atoms with van der Waals surface area (Å²) < 4.78 is 2.04. The molecule has 30 heavy (non-hydrogen) atoms. The Hall–Kier alpha value is -2.97. The summed E-state index contributed by atoms with van der Waals surface area (Å²) in [4.78, 5) is 18.6. The van der Waals surface area contributed by atoms with Gasteiger partial charge in [-0.1, -0.05) is 42.1 Å². The van der Waals surface area contributed by atoms with Crippen LogP contribution in [0.15, 0.2) is 76.8 Å². The number of amides is 1. The minimum atomic E-state index is 0.0587. The molecule has 0 aliphatic carbocycles. The lowest BCUT2D eigenvalue weighted by molar-refractivity contribution is -0.127. The molecule has 0 aliphatic rings. The van der Waals surface area contributed by atoms with Crippen LogP contribution in [-0.2, 0) is 17.9 Å². The van der Waals surface area contributed by atoms with Crippen LogP contribution in [0.3, 0.4) is 0 Å². The SMILES string of the molecule is CN(Cc1ccsc1)C(=O)CSc1nnc(-c2cccnc2)n1Cc1ccccc1. The number of benzene rings is 1. The van der Waals surface area contributed by atoms with Gasteiger partial charge in [0.25, 0.3) is 0 Å². The molecule has 1 aromatic carbocycles. The van der Waals surface area contributed by atoms with Crippen LogP contribution in [-0.4, -0.2) is 43.4 Å². The van der Waals surface area contributed by atoms with E-state index in [0.717, 1.165) is 27.7 Å². The van der Waals surface area contributed by atoms with Crippen LogP contribution in [0.2, 0.25) is 0 Å². The first kappa shape index (κ1) is 20.3. The van der Waals surface area contributed by atoms with Crippen LogP contribution in [0.25, 0.3) is 11.4 Å². The van der Waals surface area contributed by atoms with E-state index < -0.39 is 0 Å². The summed E-state index contributed by atoms with van der Waals surface area (Å²) in [6.07, 6.45) is 3.51. The summed E-state index contributed by atoms with van der Waals surface area (Å²) in [5, 5.41) is 13.6. The number of pyridine rings is 1. The molecule has 0 saturated carbocycles. The minimum absolute atomic E-state index is 0.0587. The maximum atomic E-state index is 12.6. The first-order valence-corrected chi connectivity index (χ1v) is 11.4. The third-order valence-corrected chi connectivity index (χ3v) is 6.25. The fraction of sp³-hybridized carbons (Fsp3) is 0.182. The van der Waals surface area contributed by atoms with Crippen LogP contribution >= 0.6 is 23.1 Å². The second kappa shape index (κ2) is 9.69. The van der Waals surface area contributed by atoms with Gasteiger partial charge in [-0.2, -0.15) is 11.3 Å². The predicted octanol–water partition coefficient (Wildman–Crippen LogP) is 4.20. The van der Waals surface area contributed by atoms with E-state index in [1.54, 1.807) is 28.6 Å². The number of thioether (sulfide) groups is 1. The topological polar surface area (TPSA) is 63.9 Å². The fourth-order valence-electron chi connectivity index (χ4n) is 2.99. The van der Waals surface area contributed by atoms with E-state index in [-0.39, 0.29) is 5.91 Å². The molecule has 6 nitrogen and oxygen atoms in total. The third kappa shape index (κ3) is 4.95. The zero-order valence-corrected chi connectivity index (χ0v) is 18.1. The summed E-state index contributed by atoms with van der Waals surface area (Å²) in [6.45, 7) is 1.24. The molecule has 0 spiro atoms. The van der Waals surface area contributed by atoms with Gasteiger partial charge in [-0.05, 0) is 40.1 Å². The van der Waals surface area contributed by atoms with Crippen LogP contribution in [0, 0.1) is 0 Å². The summed E-state index contributed by atoms with van der Waals surface area (Å²) in [7, 11) is 1.83. The molecule has 3 aromatic heterocycles. The minimum Gasteiger partial charge on any atom is -0.341 e. The summed E-state index contributed by atoms with van der Waals surface area (Å²) >= 11 is 3.05. The van der Waals surface area contributed by atoms with Gasteiger partial charge < -0.3 is 4.90 Å². The molecule has 1 amide bonds. The van der Waals surface area contributed by atoms with Gasteiger partial charge in [-0.15, -0.1) is 10.2 Å². The van der Waals surface area contributed by atoms with E-state index in [4.69, 9.17) is 0 Å².